The van der Waals surface area contributed by atoms with Gasteiger partial charge < -0.3 is 9.64 Å². The second-order valence-corrected chi connectivity index (χ2v) is 8.28. The van der Waals surface area contributed by atoms with E-state index in [9.17, 15) is 9.59 Å². The molecule has 0 N–H and O–H groups in total. The predicted molar refractivity (Wildman–Crippen MR) is 110 cm³/mol. The molecule has 0 bridgehead atoms. The number of imide groups is 1. The number of thiophene rings is 1. The summed E-state index contributed by atoms with van der Waals surface area (Å²) in [5, 5.41) is 1.94. The first-order chi connectivity index (χ1) is 13.5. The molecule has 0 saturated carbocycles. The van der Waals surface area contributed by atoms with Crippen LogP contribution in [0.4, 0.5) is 0 Å². The highest BCUT2D eigenvalue weighted by molar-refractivity contribution is 7.11. The van der Waals surface area contributed by atoms with Crippen LogP contribution in [0.5, 0.6) is 5.75 Å². The van der Waals surface area contributed by atoms with E-state index in [1.165, 1.54) is 16.2 Å². The lowest BCUT2D eigenvalue weighted by Crippen LogP contribution is -2.37. The summed E-state index contributed by atoms with van der Waals surface area (Å²) in [7, 11) is 0. The molecule has 2 aliphatic heterocycles. The molecular weight excluding hydrogens is 372 g/mol. The number of benzene rings is 1. The fourth-order valence-corrected chi connectivity index (χ4v) is 4.68. The van der Waals surface area contributed by atoms with Gasteiger partial charge in [-0.2, -0.15) is 0 Å². The van der Waals surface area contributed by atoms with Gasteiger partial charge in [0, 0.05) is 18.0 Å². The fourth-order valence-electron chi connectivity index (χ4n) is 3.91. The van der Waals surface area contributed by atoms with Gasteiger partial charge in [0.2, 0.25) is 0 Å². The lowest BCUT2D eigenvalue weighted by molar-refractivity contribution is -0.137. The van der Waals surface area contributed by atoms with Crippen molar-refractivity contribution in [2.45, 2.75) is 26.7 Å². The summed E-state index contributed by atoms with van der Waals surface area (Å²) in [6, 6.07) is 9.84. The van der Waals surface area contributed by atoms with Crippen molar-refractivity contribution >= 4 is 28.7 Å². The van der Waals surface area contributed by atoms with Gasteiger partial charge in [-0.3, -0.25) is 14.5 Å². The molecule has 2 aromatic rings. The standard InChI is InChI=1S/C22H24N2O3S/c1-15-12-16(2)14-17(13-15)27-10-9-24-21(25)19(18-6-5-11-28-18)20(22(24)26)23-7-3-4-8-23/h5-6,11-14H,3-4,7-10H2,1-2H3. The minimum absolute atomic E-state index is 0.195. The summed E-state index contributed by atoms with van der Waals surface area (Å²) in [5.41, 5.74) is 3.37. The SMILES string of the molecule is Cc1cc(C)cc(OCCN2C(=O)C(c3cccs3)=C(N3CCCC3)C2=O)c1. The van der Waals surface area contributed by atoms with E-state index in [0.29, 0.717) is 11.3 Å². The van der Waals surface area contributed by atoms with Crippen molar-refractivity contribution in [2.24, 2.45) is 0 Å². The topological polar surface area (TPSA) is 49.9 Å². The van der Waals surface area contributed by atoms with E-state index in [0.717, 1.165) is 47.7 Å². The third-order valence-electron chi connectivity index (χ3n) is 5.11. The first-order valence-electron chi connectivity index (χ1n) is 9.65. The molecule has 1 aromatic heterocycles. The maximum absolute atomic E-state index is 13.1. The number of ether oxygens (including phenoxy) is 1. The van der Waals surface area contributed by atoms with Crippen LogP contribution < -0.4 is 4.74 Å². The van der Waals surface area contributed by atoms with Crippen molar-refractivity contribution in [1.82, 2.24) is 9.80 Å². The Kier molecular flexibility index (Phi) is 5.22. The average molecular weight is 397 g/mol. The molecular formula is C22H24N2O3S. The quantitative estimate of drug-likeness (QED) is 0.700. The third kappa shape index (κ3) is 3.56. The Bertz CT molecular complexity index is 907. The summed E-state index contributed by atoms with van der Waals surface area (Å²) >= 11 is 1.50. The fraction of sp³-hybridized carbons (Fsp3) is 0.364. The second kappa shape index (κ2) is 7.80. The molecule has 5 nitrogen and oxygen atoms in total. The van der Waals surface area contributed by atoms with Gasteiger partial charge in [0.25, 0.3) is 11.8 Å². The third-order valence-corrected chi connectivity index (χ3v) is 6.00. The molecule has 146 valence electrons. The maximum Gasteiger partial charge on any atom is 0.278 e. The van der Waals surface area contributed by atoms with Crippen molar-refractivity contribution in [3.63, 3.8) is 0 Å². The van der Waals surface area contributed by atoms with Gasteiger partial charge in [-0.25, -0.2) is 0 Å². The molecule has 1 aromatic carbocycles. The summed E-state index contributed by atoms with van der Waals surface area (Å²) in [5.74, 6) is 0.362. The predicted octanol–water partition coefficient (Wildman–Crippen LogP) is 3.62. The second-order valence-electron chi connectivity index (χ2n) is 7.33. The van der Waals surface area contributed by atoms with Gasteiger partial charge >= 0.3 is 0 Å². The van der Waals surface area contributed by atoms with Gasteiger partial charge in [0.05, 0.1) is 12.1 Å². The molecule has 4 rings (SSSR count). The highest BCUT2D eigenvalue weighted by atomic mass is 32.1. The first-order valence-corrected chi connectivity index (χ1v) is 10.5. The number of rotatable bonds is 6. The van der Waals surface area contributed by atoms with Crippen LogP contribution >= 0.6 is 11.3 Å². The zero-order chi connectivity index (χ0) is 19.7. The average Bonchev–Trinajstić information content (AvgIpc) is 3.37. The number of aryl methyl sites for hydroxylation is 2. The Hall–Kier alpha value is -2.60. The van der Waals surface area contributed by atoms with E-state index in [2.05, 4.69) is 11.0 Å². The molecule has 0 atom stereocenters. The van der Waals surface area contributed by atoms with Crippen LogP contribution in [0.3, 0.4) is 0 Å². The van der Waals surface area contributed by atoms with Crippen LogP contribution in [0.15, 0.2) is 41.4 Å². The number of likely N-dealkylation sites (tertiary alicyclic amines) is 1. The summed E-state index contributed by atoms with van der Waals surface area (Å²) in [6.07, 6.45) is 2.11. The minimum atomic E-state index is -0.210. The van der Waals surface area contributed by atoms with Crippen LogP contribution in [0.25, 0.3) is 5.57 Å². The van der Waals surface area contributed by atoms with E-state index < -0.39 is 0 Å². The van der Waals surface area contributed by atoms with Crippen molar-refractivity contribution in [3.05, 3.63) is 57.4 Å². The summed E-state index contributed by atoms with van der Waals surface area (Å²) < 4.78 is 5.84. The molecule has 0 radical (unpaired) electrons. The van der Waals surface area contributed by atoms with E-state index >= 15 is 0 Å². The Morgan fingerprint density at radius 1 is 1.04 bits per heavy atom. The van der Waals surface area contributed by atoms with Crippen LogP contribution in [0.2, 0.25) is 0 Å². The van der Waals surface area contributed by atoms with E-state index in [1.54, 1.807) is 0 Å². The van der Waals surface area contributed by atoms with Gasteiger partial charge in [-0.05, 0) is 61.4 Å². The Morgan fingerprint density at radius 3 is 2.39 bits per heavy atom. The Balaban J connectivity index is 1.51. The molecule has 0 spiro atoms. The Labute approximate surface area is 169 Å². The van der Waals surface area contributed by atoms with Crippen molar-refractivity contribution in [1.29, 1.82) is 0 Å². The van der Waals surface area contributed by atoms with Crippen molar-refractivity contribution < 1.29 is 14.3 Å². The van der Waals surface area contributed by atoms with Crippen LogP contribution in [-0.2, 0) is 9.59 Å². The smallest absolute Gasteiger partial charge is 0.278 e. The van der Waals surface area contributed by atoms with Crippen molar-refractivity contribution in [2.75, 3.05) is 26.2 Å². The van der Waals surface area contributed by atoms with Crippen LogP contribution in [0, 0.1) is 13.8 Å². The lowest BCUT2D eigenvalue weighted by Gasteiger charge is -2.20. The zero-order valence-electron chi connectivity index (χ0n) is 16.2. The van der Waals surface area contributed by atoms with Crippen molar-refractivity contribution in [3.8, 4) is 5.75 Å². The minimum Gasteiger partial charge on any atom is -0.492 e. The van der Waals surface area contributed by atoms with E-state index in [1.807, 2.05) is 43.5 Å². The number of hydrogen-bond donors (Lipinski definition) is 0. The summed E-state index contributed by atoms with van der Waals surface area (Å²) in [4.78, 5) is 30.5. The molecule has 0 unspecified atom stereocenters. The summed E-state index contributed by atoms with van der Waals surface area (Å²) in [6.45, 7) is 6.23. The number of amides is 2. The largest absolute Gasteiger partial charge is 0.492 e. The number of carbonyl (C=O) groups is 2. The van der Waals surface area contributed by atoms with Gasteiger partial charge in [-0.15, -0.1) is 11.3 Å². The molecule has 1 saturated heterocycles. The maximum atomic E-state index is 13.1. The molecule has 3 heterocycles. The number of carbonyl (C=O) groups excluding carboxylic acids is 2. The molecule has 1 fully saturated rings. The highest BCUT2D eigenvalue weighted by Crippen LogP contribution is 2.35. The van der Waals surface area contributed by atoms with Crippen LogP contribution in [-0.4, -0.2) is 47.9 Å². The molecule has 28 heavy (non-hydrogen) atoms. The monoisotopic (exact) mass is 396 g/mol. The van der Waals surface area contributed by atoms with E-state index in [-0.39, 0.29) is 25.0 Å². The van der Waals surface area contributed by atoms with Gasteiger partial charge in [0.15, 0.2) is 0 Å². The molecule has 2 amide bonds. The van der Waals surface area contributed by atoms with Crippen LogP contribution in [0.1, 0.15) is 28.8 Å². The van der Waals surface area contributed by atoms with Gasteiger partial charge in [-0.1, -0.05) is 12.1 Å². The Morgan fingerprint density at radius 2 is 1.75 bits per heavy atom. The first kappa shape index (κ1) is 18.7. The normalized spacial score (nSPS) is 17.2. The van der Waals surface area contributed by atoms with Gasteiger partial charge in [0.1, 0.15) is 18.1 Å². The van der Waals surface area contributed by atoms with E-state index in [4.69, 9.17) is 4.74 Å². The molecule has 0 aliphatic carbocycles. The number of hydrogen-bond acceptors (Lipinski definition) is 5. The zero-order valence-corrected chi connectivity index (χ0v) is 17.1. The molecule has 2 aliphatic rings. The lowest BCUT2D eigenvalue weighted by atomic mass is 10.1. The molecule has 6 heteroatoms. The number of nitrogens with zero attached hydrogens (tertiary/aromatic N) is 2. The highest BCUT2D eigenvalue weighted by Gasteiger charge is 2.42.